The van der Waals surface area contributed by atoms with Gasteiger partial charge >= 0.3 is 5.97 Å². The predicted molar refractivity (Wildman–Crippen MR) is 150 cm³/mol. The number of rotatable bonds is 15. The van der Waals surface area contributed by atoms with Crippen molar-refractivity contribution in [2.45, 2.75) is 78.6 Å². The van der Waals surface area contributed by atoms with Gasteiger partial charge in [-0.15, -0.1) is 0 Å². The summed E-state index contributed by atoms with van der Waals surface area (Å²) in [6, 6.07) is 23.6. The molecule has 0 aliphatic carbocycles. The Balaban J connectivity index is 1.45. The highest BCUT2D eigenvalue weighted by atomic mass is 16.5. The Morgan fingerprint density at radius 3 is 1.86 bits per heavy atom. The normalized spacial score (nSPS) is 11.8. The number of esters is 1. The van der Waals surface area contributed by atoms with E-state index >= 15 is 0 Å². The van der Waals surface area contributed by atoms with Crippen LogP contribution in [0.3, 0.4) is 0 Å². The summed E-state index contributed by atoms with van der Waals surface area (Å²) in [6.07, 6.45) is 11.2. The molecule has 3 heteroatoms. The van der Waals surface area contributed by atoms with Crippen molar-refractivity contribution >= 4 is 5.97 Å². The molecule has 36 heavy (non-hydrogen) atoms. The van der Waals surface area contributed by atoms with E-state index in [9.17, 15) is 4.79 Å². The maximum atomic E-state index is 12.6. The quantitative estimate of drug-likeness (QED) is 0.122. The standard InChI is InChI=1S/C33H42O3/c1-4-6-7-8-9-10-11-24-35-31-22-18-29(19-23-31)28-14-16-30(17-15-28)33(34)36-32-20-12-27(13-21-32)25-26(3)5-2/h12-23,26H,4-11,24-25H2,1-3H3. The Hall–Kier alpha value is -3.07. The second-order valence-corrected chi connectivity index (χ2v) is 9.82. The Morgan fingerprint density at radius 1 is 0.694 bits per heavy atom. The Morgan fingerprint density at radius 2 is 1.25 bits per heavy atom. The van der Waals surface area contributed by atoms with Crippen LogP contribution in [-0.2, 0) is 6.42 Å². The minimum Gasteiger partial charge on any atom is -0.494 e. The lowest BCUT2D eigenvalue weighted by Gasteiger charge is -2.10. The van der Waals surface area contributed by atoms with Gasteiger partial charge in [0.2, 0.25) is 0 Å². The number of carbonyl (C=O) groups is 1. The van der Waals surface area contributed by atoms with Gasteiger partial charge in [0, 0.05) is 0 Å². The minimum atomic E-state index is -0.342. The fourth-order valence-corrected chi connectivity index (χ4v) is 4.20. The molecule has 0 radical (unpaired) electrons. The fourth-order valence-electron chi connectivity index (χ4n) is 4.20. The van der Waals surface area contributed by atoms with Crippen LogP contribution in [0, 0.1) is 5.92 Å². The van der Waals surface area contributed by atoms with Crippen molar-refractivity contribution in [2.24, 2.45) is 5.92 Å². The fraction of sp³-hybridized carbons (Fsp3) is 0.424. The van der Waals surface area contributed by atoms with Gasteiger partial charge in [0.05, 0.1) is 12.2 Å². The van der Waals surface area contributed by atoms with Gasteiger partial charge in [-0.05, 0) is 71.8 Å². The summed E-state index contributed by atoms with van der Waals surface area (Å²) in [6.45, 7) is 7.47. The molecule has 0 bridgehead atoms. The number of ether oxygens (including phenoxy) is 2. The predicted octanol–water partition coefficient (Wildman–Crippen LogP) is 9.29. The molecule has 0 N–H and O–H groups in total. The first-order valence-electron chi connectivity index (χ1n) is 13.7. The molecular weight excluding hydrogens is 444 g/mol. The van der Waals surface area contributed by atoms with E-state index in [0.29, 0.717) is 17.2 Å². The number of hydrogen-bond acceptors (Lipinski definition) is 3. The van der Waals surface area contributed by atoms with Crippen molar-refractivity contribution in [3.63, 3.8) is 0 Å². The van der Waals surface area contributed by atoms with E-state index in [1.54, 1.807) is 0 Å². The molecule has 3 aromatic carbocycles. The second kappa shape index (κ2) is 15.1. The molecule has 0 spiro atoms. The second-order valence-electron chi connectivity index (χ2n) is 9.82. The van der Waals surface area contributed by atoms with Gasteiger partial charge in [0.15, 0.2) is 0 Å². The van der Waals surface area contributed by atoms with Crippen LogP contribution < -0.4 is 9.47 Å². The first-order chi connectivity index (χ1) is 17.6. The summed E-state index contributed by atoms with van der Waals surface area (Å²) in [5, 5.41) is 0. The lowest BCUT2D eigenvalue weighted by molar-refractivity contribution is 0.0734. The lowest BCUT2D eigenvalue weighted by atomic mass is 9.99. The highest BCUT2D eigenvalue weighted by molar-refractivity contribution is 5.91. The summed E-state index contributed by atoms with van der Waals surface area (Å²) in [5.74, 6) is 1.78. The van der Waals surface area contributed by atoms with Crippen LogP contribution in [0.5, 0.6) is 11.5 Å². The van der Waals surface area contributed by atoms with Crippen LogP contribution in [0.4, 0.5) is 0 Å². The molecule has 3 aromatic rings. The van der Waals surface area contributed by atoms with Crippen molar-refractivity contribution in [3.05, 3.63) is 83.9 Å². The molecule has 1 atom stereocenters. The van der Waals surface area contributed by atoms with Gasteiger partial charge in [-0.25, -0.2) is 4.79 Å². The number of carbonyl (C=O) groups excluding carboxylic acids is 1. The lowest BCUT2D eigenvalue weighted by Crippen LogP contribution is -2.08. The van der Waals surface area contributed by atoms with Crippen molar-refractivity contribution in [3.8, 4) is 22.6 Å². The van der Waals surface area contributed by atoms with Gasteiger partial charge in [0.1, 0.15) is 11.5 Å². The molecule has 3 nitrogen and oxygen atoms in total. The Bertz CT molecular complexity index is 1020. The molecule has 0 aliphatic rings. The highest BCUT2D eigenvalue weighted by Gasteiger charge is 2.10. The van der Waals surface area contributed by atoms with Gasteiger partial charge in [-0.1, -0.05) is 102 Å². The summed E-state index contributed by atoms with van der Waals surface area (Å²) < 4.78 is 11.5. The van der Waals surface area contributed by atoms with Gasteiger partial charge in [-0.3, -0.25) is 0 Å². The number of unbranched alkanes of at least 4 members (excludes halogenated alkanes) is 6. The maximum Gasteiger partial charge on any atom is 0.343 e. The van der Waals surface area contributed by atoms with Gasteiger partial charge in [0.25, 0.3) is 0 Å². The third kappa shape index (κ3) is 9.18. The molecule has 0 aliphatic heterocycles. The van der Waals surface area contributed by atoms with Crippen molar-refractivity contribution in [1.82, 2.24) is 0 Å². The molecule has 1 unspecified atom stereocenters. The molecule has 0 saturated heterocycles. The van der Waals surface area contributed by atoms with Crippen LogP contribution in [-0.4, -0.2) is 12.6 Å². The molecule has 0 aromatic heterocycles. The molecule has 0 amide bonds. The molecule has 0 saturated carbocycles. The maximum absolute atomic E-state index is 12.6. The topological polar surface area (TPSA) is 35.5 Å². The Kier molecular flexibility index (Phi) is 11.6. The van der Waals surface area contributed by atoms with E-state index in [4.69, 9.17) is 9.47 Å². The van der Waals surface area contributed by atoms with E-state index in [0.717, 1.165) is 42.7 Å². The monoisotopic (exact) mass is 486 g/mol. The van der Waals surface area contributed by atoms with Crippen LogP contribution in [0.25, 0.3) is 11.1 Å². The molecule has 3 rings (SSSR count). The smallest absolute Gasteiger partial charge is 0.343 e. The summed E-state index contributed by atoms with van der Waals surface area (Å²) in [5.41, 5.74) is 3.95. The third-order valence-corrected chi connectivity index (χ3v) is 6.74. The first kappa shape index (κ1) is 27.5. The number of benzene rings is 3. The summed E-state index contributed by atoms with van der Waals surface area (Å²) in [4.78, 5) is 12.6. The summed E-state index contributed by atoms with van der Waals surface area (Å²) in [7, 11) is 0. The Labute approximate surface area is 217 Å². The largest absolute Gasteiger partial charge is 0.494 e. The number of hydrogen-bond donors (Lipinski definition) is 0. The van der Waals surface area contributed by atoms with Crippen molar-refractivity contribution in [2.75, 3.05) is 6.61 Å². The van der Waals surface area contributed by atoms with Crippen LogP contribution in [0.2, 0.25) is 0 Å². The average molecular weight is 487 g/mol. The van der Waals surface area contributed by atoms with Gasteiger partial charge < -0.3 is 9.47 Å². The SMILES string of the molecule is CCCCCCCCCOc1ccc(-c2ccc(C(=O)Oc3ccc(CC(C)CC)cc3)cc2)cc1. The molecule has 0 fully saturated rings. The highest BCUT2D eigenvalue weighted by Crippen LogP contribution is 2.24. The molecular formula is C33H42O3. The van der Waals surface area contributed by atoms with E-state index in [1.165, 1.54) is 44.1 Å². The zero-order chi connectivity index (χ0) is 25.6. The summed E-state index contributed by atoms with van der Waals surface area (Å²) >= 11 is 0. The van der Waals surface area contributed by atoms with E-state index in [1.807, 2.05) is 60.7 Å². The average Bonchev–Trinajstić information content (AvgIpc) is 2.91. The van der Waals surface area contributed by atoms with E-state index in [-0.39, 0.29) is 5.97 Å². The van der Waals surface area contributed by atoms with Crippen LogP contribution in [0.15, 0.2) is 72.8 Å². The first-order valence-corrected chi connectivity index (χ1v) is 13.7. The van der Waals surface area contributed by atoms with Crippen LogP contribution >= 0.6 is 0 Å². The van der Waals surface area contributed by atoms with Gasteiger partial charge in [-0.2, -0.15) is 0 Å². The van der Waals surface area contributed by atoms with E-state index in [2.05, 4.69) is 32.9 Å². The van der Waals surface area contributed by atoms with E-state index < -0.39 is 0 Å². The third-order valence-electron chi connectivity index (χ3n) is 6.74. The van der Waals surface area contributed by atoms with Crippen molar-refractivity contribution in [1.29, 1.82) is 0 Å². The molecule has 0 heterocycles. The van der Waals surface area contributed by atoms with Crippen molar-refractivity contribution < 1.29 is 14.3 Å². The zero-order valence-electron chi connectivity index (χ0n) is 22.3. The molecule has 192 valence electrons. The van der Waals surface area contributed by atoms with Crippen LogP contribution in [0.1, 0.15) is 88.1 Å². The minimum absolute atomic E-state index is 0.342. The zero-order valence-corrected chi connectivity index (χ0v) is 22.3.